The summed E-state index contributed by atoms with van der Waals surface area (Å²) in [4.78, 5) is 12.1. The van der Waals surface area contributed by atoms with E-state index in [1.165, 1.54) is 25.7 Å². The van der Waals surface area contributed by atoms with Gasteiger partial charge in [-0.15, -0.1) is 0 Å². The molecule has 0 aromatic carbocycles. The van der Waals surface area contributed by atoms with Gasteiger partial charge in [-0.1, -0.05) is 53.9 Å². The Labute approximate surface area is 184 Å². The van der Waals surface area contributed by atoms with Crippen molar-refractivity contribution < 1.29 is 15.0 Å². The van der Waals surface area contributed by atoms with Gasteiger partial charge in [-0.3, -0.25) is 4.79 Å². The summed E-state index contributed by atoms with van der Waals surface area (Å²) in [5.74, 6) is 3.74. The number of Topliss-reactive ketones (excluding diaryl/α,β-unsaturated/α-hetero) is 1. The summed E-state index contributed by atoms with van der Waals surface area (Å²) >= 11 is 0. The van der Waals surface area contributed by atoms with Crippen molar-refractivity contribution in [2.75, 3.05) is 0 Å². The van der Waals surface area contributed by atoms with Crippen LogP contribution in [0.1, 0.15) is 98.8 Å². The van der Waals surface area contributed by atoms with Crippen molar-refractivity contribution >= 4 is 5.78 Å². The summed E-state index contributed by atoms with van der Waals surface area (Å²) in [6.07, 6.45) is 9.54. The first-order valence-electron chi connectivity index (χ1n) is 13.0. The number of carbonyl (C=O) groups is 1. The minimum absolute atomic E-state index is 0.0624. The summed E-state index contributed by atoms with van der Waals surface area (Å²) in [6.45, 7) is 11.8. The summed E-state index contributed by atoms with van der Waals surface area (Å²) in [5.41, 5.74) is 0.0498. The zero-order valence-electron chi connectivity index (χ0n) is 20.1. The van der Waals surface area contributed by atoms with Crippen LogP contribution < -0.4 is 0 Å². The van der Waals surface area contributed by atoms with Gasteiger partial charge in [0, 0.05) is 12.8 Å². The Bertz CT molecular complexity index is 644. The lowest BCUT2D eigenvalue weighted by Gasteiger charge is -2.63. The fraction of sp³-hybridized carbons (Fsp3) is 0.963. The summed E-state index contributed by atoms with van der Waals surface area (Å²) in [5, 5.41) is 22.9. The molecular formula is C27H46O3. The van der Waals surface area contributed by atoms with E-state index in [-0.39, 0.29) is 23.0 Å². The van der Waals surface area contributed by atoms with Gasteiger partial charge in [-0.2, -0.15) is 0 Å². The summed E-state index contributed by atoms with van der Waals surface area (Å²) < 4.78 is 0. The molecule has 0 saturated heterocycles. The van der Waals surface area contributed by atoms with Gasteiger partial charge >= 0.3 is 0 Å². The van der Waals surface area contributed by atoms with E-state index in [1.54, 1.807) is 0 Å². The third-order valence-corrected chi connectivity index (χ3v) is 10.8. The zero-order chi connectivity index (χ0) is 21.8. The minimum Gasteiger partial charge on any atom is -0.393 e. The molecule has 0 bridgehead atoms. The van der Waals surface area contributed by atoms with Gasteiger partial charge in [0.15, 0.2) is 0 Å². The first kappa shape index (κ1) is 22.8. The van der Waals surface area contributed by atoms with E-state index in [2.05, 4.69) is 34.6 Å². The molecule has 3 heteroatoms. The molecule has 4 aliphatic carbocycles. The lowest BCUT2D eigenvalue weighted by atomic mass is 9.43. The van der Waals surface area contributed by atoms with Crippen molar-refractivity contribution in [3.8, 4) is 0 Å². The maximum absolute atomic E-state index is 12.1. The topological polar surface area (TPSA) is 57.5 Å². The normalized spacial score (nSPS) is 49.5. The van der Waals surface area contributed by atoms with Gasteiger partial charge in [0.25, 0.3) is 0 Å². The third-order valence-electron chi connectivity index (χ3n) is 10.8. The Morgan fingerprint density at radius 2 is 1.77 bits per heavy atom. The average molecular weight is 419 g/mol. The molecule has 0 spiro atoms. The average Bonchev–Trinajstić information content (AvgIpc) is 3.02. The number of carbonyl (C=O) groups excluding carboxylic acids is 1. The fourth-order valence-electron chi connectivity index (χ4n) is 8.99. The Morgan fingerprint density at radius 3 is 2.47 bits per heavy atom. The molecule has 0 aliphatic heterocycles. The van der Waals surface area contributed by atoms with Crippen molar-refractivity contribution in [3.05, 3.63) is 0 Å². The highest BCUT2D eigenvalue weighted by molar-refractivity contribution is 5.79. The maximum atomic E-state index is 12.1. The van der Waals surface area contributed by atoms with Gasteiger partial charge in [0.1, 0.15) is 5.78 Å². The molecule has 4 aliphatic rings. The van der Waals surface area contributed by atoms with Crippen LogP contribution in [0.4, 0.5) is 0 Å². The Balaban J connectivity index is 1.56. The van der Waals surface area contributed by atoms with E-state index in [9.17, 15) is 15.0 Å². The molecule has 0 radical (unpaired) electrons. The molecule has 2 N–H and O–H groups in total. The van der Waals surface area contributed by atoms with Crippen LogP contribution in [-0.4, -0.2) is 28.2 Å². The molecule has 4 rings (SSSR count). The Morgan fingerprint density at radius 1 is 1.03 bits per heavy atom. The van der Waals surface area contributed by atoms with E-state index in [0.29, 0.717) is 54.1 Å². The van der Waals surface area contributed by atoms with Gasteiger partial charge in [-0.25, -0.2) is 0 Å². The monoisotopic (exact) mass is 418 g/mol. The number of hydrogen-bond acceptors (Lipinski definition) is 3. The van der Waals surface area contributed by atoms with Gasteiger partial charge in [0.05, 0.1) is 12.2 Å². The highest BCUT2D eigenvalue weighted by atomic mass is 16.3. The first-order valence-corrected chi connectivity index (χ1v) is 13.0. The van der Waals surface area contributed by atoms with Crippen molar-refractivity contribution in [3.63, 3.8) is 0 Å². The highest BCUT2D eigenvalue weighted by Gasteiger charge is 2.65. The molecule has 10 atom stereocenters. The van der Waals surface area contributed by atoms with Crippen LogP contribution in [-0.2, 0) is 4.79 Å². The number of rotatable bonds is 5. The Hall–Kier alpha value is -0.410. The smallest absolute Gasteiger partial charge is 0.133 e. The van der Waals surface area contributed by atoms with Crippen molar-refractivity contribution in [1.82, 2.24) is 0 Å². The first-order chi connectivity index (χ1) is 14.1. The molecule has 0 heterocycles. The molecule has 4 fully saturated rings. The van der Waals surface area contributed by atoms with Crippen molar-refractivity contribution in [2.24, 2.45) is 52.3 Å². The lowest BCUT2D eigenvalue weighted by molar-refractivity contribution is -0.201. The van der Waals surface area contributed by atoms with E-state index in [0.717, 1.165) is 31.6 Å². The van der Waals surface area contributed by atoms with Gasteiger partial charge < -0.3 is 10.2 Å². The number of aliphatic hydroxyl groups excluding tert-OH is 2. The molecule has 30 heavy (non-hydrogen) atoms. The third kappa shape index (κ3) is 3.51. The second-order valence-electron chi connectivity index (χ2n) is 12.6. The second-order valence-corrected chi connectivity index (χ2v) is 12.6. The van der Waals surface area contributed by atoms with Gasteiger partial charge in [0.2, 0.25) is 0 Å². The predicted molar refractivity (Wildman–Crippen MR) is 121 cm³/mol. The van der Waals surface area contributed by atoms with Crippen molar-refractivity contribution in [2.45, 2.75) is 111 Å². The Kier molecular flexibility index (Phi) is 6.21. The molecule has 3 unspecified atom stereocenters. The maximum Gasteiger partial charge on any atom is 0.133 e. The second kappa shape index (κ2) is 8.18. The minimum atomic E-state index is -0.300. The van der Waals surface area contributed by atoms with Crippen LogP contribution in [0.3, 0.4) is 0 Å². The number of fused-ring (bicyclic) bond motifs is 5. The zero-order valence-corrected chi connectivity index (χ0v) is 20.1. The largest absolute Gasteiger partial charge is 0.393 e. The molecule has 172 valence electrons. The van der Waals surface area contributed by atoms with Crippen LogP contribution in [0.5, 0.6) is 0 Å². The summed E-state index contributed by atoms with van der Waals surface area (Å²) in [7, 11) is 0. The number of hydrogen-bond donors (Lipinski definition) is 2. The van der Waals surface area contributed by atoms with Crippen LogP contribution in [0.25, 0.3) is 0 Å². The quantitative estimate of drug-likeness (QED) is 0.609. The molecule has 3 nitrogen and oxygen atoms in total. The molecule has 4 saturated carbocycles. The van der Waals surface area contributed by atoms with Crippen LogP contribution in [0.15, 0.2) is 0 Å². The predicted octanol–water partition coefficient (Wildman–Crippen LogP) is 5.62. The highest BCUT2D eigenvalue weighted by Crippen LogP contribution is 2.68. The standard InChI is InChI=1S/C27H46O3/c1-16(2)7-6-8-17(3)20-9-10-21-25-22(15-24(30)27(20,21)5)26(4)12-11-19(28)13-18(26)14-23(25)29/h16-18,20-25,29-30H,6-15H2,1-5H3/t17-,18?,20-,21+,22+,23?,24?,25+,26+,27-/m1/s1. The van der Waals surface area contributed by atoms with E-state index in [1.807, 2.05) is 0 Å². The summed E-state index contributed by atoms with van der Waals surface area (Å²) in [6, 6.07) is 0. The molecule has 0 amide bonds. The number of ketones is 1. The van der Waals surface area contributed by atoms with E-state index >= 15 is 0 Å². The van der Waals surface area contributed by atoms with E-state index < -0.39 is 0 Å². The van der Waals surface area contributed by atoms with Crippen LogP contribution in [0, 0.1) is 52.3 Å². The SMILES string of the molecule is CC(C)CCC[C@@H](C)[C@H]1CC[C@H]2[C@@H]3C(O)CC4CC(=O)CC[C@]4(C)[C@H]3CC(O)[C@]12C. The van der Waals surface area contributed by atoms with Gasteiger partial charge in [-0.05, 0) is 84.4 Å². The molecular weight excluding hydrogens is 372 g/mol. The number of aliphatic hydroxyl groups is 2. The van der Waals surface area contributed by atoms with E-state index in [4.69, 9.17) is 0 Å². The fourth-order valence-corrected chi connectivity index (χ4v) is 8.99. The molecule has 0 aromatic rings. The molecule has 0 aromatic heterocycles. The van der Waals surface area contributed by atoms with Crippen LogP contribution in [0.2, 0.25) is 0 Å². The van der Waals surface area contributed by atoms with Crippen molar-refractivity contribution in [1.29, 1.82) is 0 Å². The lowest BCUT2D eigenvalue weighted by Crippen LogP contribution is -2.62. The van der Waals surface area contributed by atoms with Crippen LogP contribution >= 0.6 is 0 Å².